The van der Waals surface area contributed by atoms with Crippen LogP contribution in [0.4, 0.5) is 0 Å². The molecule has 4 heteroatoms. The highest BCUT2D eigenvalue weighted by atomic mass is 35.5. The average molecular weight is 230 g/mol. The Morgan fingerprint density at radius 2 is 2.13 bits per heavy atom. The molecule has 0 aliphatic rings. The number of likely N-dealkylation sites (N-methyl/N-ethyl adjacent to an activating group) is 1. The van der Waals surface area contributed by atoms with Gasteiger partial charge in [0.05, 0.1) is 11.6 Å². The molecule has 0 atom stereocenters. The quantitative estimate of drug-likeness (QED) is 0.836. The summed E-state index contributed by atoms with van der Waals surface area (Å²) >= 11 is 5.97. The van der Waals surface area contributed by atoms with Gasteiger partial charge in [0.2, 0.25) is 0 Å². The van der Waals surface area contributed by atoms with E-state index in [0.717, 1.165) is 12.1 Å². The van der Waals surface area contributed by atoms with Crippen LogP contribution in [0.3, 0.4) is 0 Å². The summed E-state index contributed by atoms with van der Waals surface area (Å²) < 4.78 is 5.54. The number of hydrogen-bond donors (Lipinski definition) is 1. The first-order chi connectivity index (χ1) is 7.15. The summed E-state index contributed by atoms with van der Waals surface area (Å²) in [5.41, 5.74) is 0.723. The van der Waals surface area contributed by atoms with Gasteiger partial charge in [0.15, 0.2) is 0 Å². The fraction of sp³-hybridized carbons (Fsp3) is 0.455. The molecule has 0 amide bonds. The highest BCUT2D eigenvalue weighted by Crippen LogP contribution is 2.28. The second-order valence-corrected chi connectivity index (χ2v) is 3.95. The van der Waals surface area contributed by atoms with Crippen molar-refractivity contribution in [2.45, 2.75) is 6.61 Å². The molecule has 84 valence electrons. The summed E-state index contributed by atoms with van der Waals surface area (Å²) in [6, 6.07) is 5.36. The molecule has 0 bridgehead atoms. The number of aliphatic hydroxyl groups is 1. The molecule has 0 radical (unpaired) electrons. The molecule has 0 heterocycles. The van der Waals surface area contributed by atoms with Gasteiger partial charge in [-0.2, -0.15) is 0 Å². The third-order valence-corrected chi connectivity index (χ3v) is 2.30. The maximum atomic E-state index is 9.10. The maximum absolute atomic E-state index is 9.10. The first-order valence-corrected chi connectivity index (χ1v) is 5.18. The number of rotatable bonds is 5. The van der Waals surface area contributed by atoms with Gasteiger partial charge < -0.3 is 14.7 Å². The molecule has 0 spiro atoms. The molecule has 1 rings (SSSR count). The molecule has 0 aliphatic heterocycles. The van der Waals surface area contributed by atoms with Crippen LogP contribution in [0.25, 0.3) is 0 Å². The number of aliphatic hydroxyl groups excluding tert-OH is 1. The lowest BCUT2D eigenvalue weighted by atomic mass is 10.2. The predicted octanol–water partition coefficient (Wildman–Crippen LogP) is 1.77. The van der Waals surface area contributed by atoms with Crippen molar-refractivity contribution >= 4 is 11.6 Å². The van der Waals surface area contributed by atoms with Crippen molar-refractivity contribution in [2.75, 3.05) is 27.2 Å². The zero-order valence-corrected chi connectivity index (χ0v) is 9.79. The van der Waals surface area contributed by atoms with Crippen LogP contribution in [-0.2, 0) is 6.61 Å². The minimum atomic E-state index is -0.0577. The minimum absolute atomic E-state index is 0.0577. The van der Waals surface area contributed by atoms with Crippen molar-refractivity contribution in [2.24, 2.45) is 0 Å². The van der Waals surface area contributed by atoms with Crippen LogP contribution in [-0.4, -0.2) is 37.3 Å². The Bertz CT molecular complexity index is 315. The van der Waals surface area contributed by atoms with Crippen molar-refractivity contribution < 1.29 is 9.84 Å². The summed E-state index contributed by atoms with van der Waals surface area (Å²) in [5.74, 6) is 0.587. The van der Waals surface area contributed by atoms with Crippen LogP contribution in [0.15, 0.2) is 18.2 Å². The minimum Gasteiger partial charge on any atom is -0.490 e. The van der Waals surface area contributed by atoms with E-state index >= 15 is 0 Å². The van der Waals surface area contributed by atoms with Gasteiger partial charge in [-0.3, -0.25) is 0 Å². The molecule has 1 aromatic rings. The Kier molecular flexibility index (Phi) is 4.88. The van der Waals surface area contributed by atoms with Crippen LogP contribution < -0.4 is 4.74 Å². The van der Waals surface area contributed by atoms with E-state index in [0.29, 0.717) is 17.4 Å². The Morgan fingerprint density at radius 3 is 2.73 bits per heavy atom. The summed E-state index contributed by atoms with van der Waals surface area (Å²) in [6.07, 6.45) is 0. The molecule has 0 saturated heterocycles. The largest absolute Gasteiger partial charge is 0.490 e. The summed E-state index contributed by atoms with van der Waals surface area (Å²) in [7, 11) is 3.95. The van der Waals surface area contributed by atoms with Crippen molar-refractivity contribution in [1.82, 2.24) is 4.90 Å². The van der Waals surface area contributed by atoms with Crippen LogP contribution in [0, 0.1) is 0 Å². The van der Waals surface area contributed by atoms with Gasteiger partial charge in [-0.25, -0.2) is 0 Å². The summed E-state index contributed by atoms with van der Waals surface area (Å²) in [4.78, 5) is 2.02. The Balaban J connectivity index is 2.66. The monoisotopic (exact) mass is 229 g/mol. The Hall–Kier alpha value is -0.770. The highest BCUT2D eigenvalue weighted by Gasteiger charge is 2.07. The van der Waals surface area contributed by atoms with Crippen molar-refractivity contribution in [3.8, 4) is 5.75 Å². The fourth-order valence-corrected chi connectivity index (χ4v) is 1.42. The lowest BCUT2D eigenvalue weighted by Crippen LogP contribution is -2.19. The molecule has 0 saturated carbocycles. The third-order valence-electron chi connectivity index (χ3n) is 2.00. The van der Waals surface area contributed by atoms with E-state index in [2.05, 4.69) is 0 Å². The second-order valence-electron chi connectivity index (χ2n) is 3.54. The smallest absolute Gasteiger partial charge is 0.143 e. The lowest BCUT2D eigenvalue weighted by Gasteiger charge is -2.14. The van der Waals surface area contributed by atoms with E-state index in [-0.39, 0.29) is 6.61 Å². The molecule has 0 unspecified atom stereocenters. The lowest BCUT2D eigenvalue weighted by molar-refractivity contribution is 0.243. The van der Waals surface area contributed by atoms with Gasteiger partial charge in [-0.1, -0.05) is 23.7 Å². The van der Waals surface area contributed by atoms with Gasteiger partial charge in [0.25, 0.3) is 0 Å². The average Bonchev–Trinajstić information content (AvgIpc) is 2.20. The molecule has 3 nitrogen and oxygen atoms in total. The van der Waals surface area contributed by atoms with E-state index in [1.807, 2.05) is 19.0 Å². The predicted molar refractivity (Wildman–Crippen MR) is 61.4 cm³/mol. The number of para-hydroxylation sites is 1. The molecule has 0 aliphatic carbocycles. The van der Waals surface area contributed by atoms with Gasteiger partial charge in [-0.05, 0) is 20.2 Å². The molecule has 0 aromatic heterocycles. The summed E-state index contributed by atoms with van der Waals surface area (Å²) in [5, 5.41) is 9.64. The van der Waals surface area contributed by atoms with Gasteiger partial charge in [-0.15, -0.1) is 0 Å². The van der Waals surface area contributed by atoms with Crippen molar-refractivity contribution in [1.29, 1.82) is 0 Å². The fourth-order valence-electron chi connectivity index (χ4n) is 1.17. The van der Waals surface area contributed by atoms with E-state index in [1.165, 1.54) is 0 Å². The van der Waals surface area contributed by atoms with Crippen LogP contribution in [0.1, 0.15) is 5.56 Å². The topological polar surface area (TPSA) is 32.7 Å². The second kappa shape index (κ2) is 5.95. The Labute approximate surface area is 95.2 Å². The van der Waals surface area contributed by atoms with Gasteiger partial charge in [0, 0.05) is 12.1 Å². The third kappa shape index (κ3) is 3.70. The normalized spacial score (nSPS) is 10.7. The van der Waals surface area contributed by atoms with E-state index in [4.69, 9.17) is 21.4 Å². The molecule has 0 fully saturated rings. The standard InChI is InChI=1S/C11H16ClNO2/c1-13(2)6-7-15-11-9(8-14)4-3-5-10(11)12/h3-5,14H,6-8H2,1-2H3. The number of benzene rings is 1. The molecule has 1 N–H and O–H groups in total. The Morgan fingerprint density at radius 1 is 1.40 bits per heavy atom. The van der Waals surface area contributed by atoms with Crippen LogP contribution >= 0.6 is 11.6 Å². The highest BCUT2D eigenvalue weighted by molar-refractivity contribution is 6.32. The van der Waals surface area contributed by atoms with Gasteiger partial charge >= 0.3 is 0 Å². The molecular weight excluding hydrogens is 214 g/mol. The van der Waals surface area contributed by atoms with E-state index < -0.39 is 0 Å². The van der Waals surface area contributed by atoms with Crippen molar-refractivity contribution in [3.63, 3.8) is 0 Å². The van der Waals surface area contributed by atoms with Crippen LogP contribution in [0.2, 0.25) is 5.02 Å². The van der Waals surface area contributed by atoms with Gasteiger partial charge in [0.1, 0.15) is 12.4 Å². The maximum Gasteiger partial charge on any atom is 0.143 e. The van der Waals surface area contributed by atoms with Crippen molar-refractivity contribution in [3.05, 3.63) is 28.8 Å². The number of halogens is 1. The first kappa shape index (κ1) is 12.3. The first-order valence-electron chi connectivity index (χ1n) is 4.81. The number of nitrogens with zero attached hydrogens (tertiary/aromatic N) is 1. The zero-order chi connectivity index (χ0) is 11.3. The van der Waals surface area contributed by atoms with E-state index in [9.17, 15) is 0 Å². The SMILES string of the molecule is CN(C)CCOc1c(Cl)cccc1CO. The number of ether oxygens (including phenoxy) is 1. The molecule has 15 heavy (non-hydrogen) atoms. The van der Waals surface area contributed by atoms with E-state index in [1.54, 1.807) is 18.2 Å². The summed E-state index contributed by atoms with van der Waals surface area (Å²) in [6.45, 7) is 1.32. The molecule has 1 aromatic carbocycles. The molecular formula is C11H16ClNO2. The zero-order valence-electron chi connectivity index (χ0n) is 9.03. The van der Waals surface area contributed by atoms with Crippen LogP contribution in [0.5, 0.6) is 5.75 Å². The number of hydrogen-bond acceptors (Lipinski definition) is 3.